The number of hydrogen-bond donors (Lipinski definition) is 0. The highest BCUT2D eigenvalue weighted by molar-refractivity contribution is 7.87. The van der Waals surface area contributed by atoms with Gasteiger partial charge in [-0.3, -0.25) is 13.8 Å². The molecule has 116 valence electrons. The second-order valence-electron chi connectivity index (χ2n) is 5.05. The minimum absolute atomic E-state index is 0.255. The van der Waals surface area contributed by atoms with Gasteiger partial charge < -0.3 is 9.15 Å². The third-order valence-corrected chi connectivity index (χ3v) is 3.35. The summed E-state index contributed by atoms with van der Waals surface area (Å²) in [4.78, 5) is 23.7. The minimum Gasteiger partial charge on any atom is -0.456 e. The van der Waals surface area contributed by atoms with Crippen LogP contribution in [0.2, 0.25) is 0 Å². The van der Waals surface area contributed by atoms with Crippen LogP contribution in [0.3, 0.4) is 0 Å². The van der Waals surface area contributed by atoms with Crippen LogP contribution in [0.15, 0.2) is 38.9 Å². The second-order valence-corrected chi connectivity index (χ2v) is 6.32. The molecule has 1 aromatic heterocycles. The first-order valence-corrected chi connectivity index (χ1v) is 8.29. The molecule has 2 rings (SSSR count). The fourth-order valence-electron chi connectivity index (χ4n) is 1.70. The first-order valence-electron chi connectivity index (χ1n) is 6.67. The number of carbonyl (C=O) groups is 1. The summed E-state index contributed by atoms with van der Waals surface area (Å²) in [7, 11) is -1.12. The second kappa shape index (κ2) is 6.70. The molecule has 0 spiro atoms. The van der Waals surface area contributed by atoms with Gasteiger partial charge in [-0.1, -0.05) is 13.8 Å². The van der Waals surface area contributed by atoms with Crippen molar-refractivity contribution in [3.63, 3.8) is 0 Å². The molecule has 0 amide bonds. The number of fused-ring (bicyclic) bond motifs is 1. The van der Waals surface area contributed by atoms with Crippen molar-refractivity contribution in [2.45, 2.75) is 13.8 Å². The first-order chi connectivity index (χ1) is 10.4. The largest absolute Gasteiger partial charge is 0.456 e. The summed E-state index contributed by atoms with van der Waals surface area (Å²) in [6.45, 7) is 3.46. The van der Waals surface area contributed by atoms with Gasteiger partial charge in [-0.15, -0.1) is 0 Å². The van der Waals surface area contributed by atoms with E-state index >= 15 is 0 Å². The van der Waals surface area contributed by atoms with E-state index in [1.165, 1.54) is 29.9 Å². The molecule has 0 bridgehead atoms. The zero-order valence-electron chi connectivity index (χ0n) is 12.5. The van der Waals surface area contributed by atoms with Gasteiger partial charge in [0.2, 0.25) is 0 Å². The van der Waals surface area contributed by atoms with E-state index in [2.05, 4.69) is 0 Å². The molecular formula is C16H16O5S. The Labute approximate surface area is 130 Å². The number of hydrogen-bond acceptors (Lipinski definition) is 5. The van der Waals surface area contributed by atoms with Crippen LogP contribution in [0, 0.1) is 5.92 Å². The molecular weight excluding hydrogens is 304 g/mol. The lowest BCUT2D eigenvalue weighted by Gasteiger charge is -2.07. The van der Waals surface area contributed by atoms with Crippen LogP contribution in [0.5, 0.6) is 5.75 Å². The fraction of sp³-hybridized carbons (Fsp3) is 0.250. The fourth-order valence-corrected chi connectivity index (χ4v) is 2.02. The van der Waals surface area contributed by atoms with Crippen molar-refractivity contribution < 1.29 is 18.2 Å². The molecule has 6 heteroatoms. The smallest absolute Gasteiger partial charge is 0.313 e. The van der Waals surface area contributed by atoms with E-state index in [-0.39, 0.29) is 17.3 Å². The zero-order valence-corrected chi connectivity index (χ0v) is 13.3. The molecule has 1 aromatic carbocycles. The molecule has 0 saturated carbocycles. The van der Waals surface area contributed by atoms with E-state index in [4.69, 9.17) is 9.15 Å². The van der Waals surface area contributed by atoms with Gasteiger partial charge in [0.15, 0.2) is 5.43 Å². The van der Waals surface area contributed by atoms with Crippen molar-refractivity contribution in [3.8, 4) is 5.75 Å². The molecule has 0 fully saturated rings. The quantitative estimate of drug-likeness (QED) is 0.639. The van der Waals surface area contributed by atoms with Crippen molar-refractivity contribution >= 4 is 33.8 Å². The molecule has 1 unspecified atom stereocenters. The van der Waals surface area contributed by atoms with Crippen LogP contribution in [0.1, 0.15) is 19.6 Å². The van der Waals surface area contributed by atoms with E-state index in [1.807, 2.05) is 0 Å². The number of esters is 1. The van der Waals surface area contributed by atoms with Crippen LogP contribution in [0.25, 0.3) is 17.0 Å². The van der Waals surface area contributed by atoms with Gasteiger partial charge in [0, 0.05) is 28.5 Å². The molecule has 2 aromatic rings. The molecule has 1 atom stereocenters. The summed E-state index contributed by atoms with van der Waals surface area (Å²) in [5, 5.41) is 1.76. The Balaban J connectivity index is 2.40. The van der Waals surface area contributed by atoms with Gasteiger partial charge in [-0.05, 0) is 24.3 Å². The van der Waals surface area contributed by atoms with Crippen molar-refractivity contribution in [1.82, 2.24) is 0 Å². The molecule has 0 aliphatic heterocycles. The summed E-state index contributed by atoms with van der Waals surface area (Å²) >= 11 is 0. The van der Waals surface area contributed by atoms with E-state index in [0.717, 1.165) is 0 Å². The molecule has 0 aliphatic rings. The monoisotopic (exact) mass is 320 g/mol. The van der Waals surface area contributed by atoms with E-state index < -0.39 is 10.8 Å². The normalized spacial score (nSPS) is 12.9. The first kappa shape index (κ1) is 16.2. The number of carbonyl (C=O) groups excluding carboxylic acids is 1. The van der Waals surface area contributed by atoms with E-state index in [1.54, 1.807) is 26.0 Å². The minimum atomic E-state index is -1.12. The van der Waals surface area contributed by atoms with Crippen molar-refractivity contribution in [2.75, 3.05) is 6.26 Å². The summed E-state index contributed by atoms with van der Waals surface area (Å²) in [5.74, 6) is -0.000621. The lowest BCUT2D eigenvalue weighted by Crippen LogP contribution is -2.14. The Hall–Kier alpha value is -2.21. The third kappa shape index (κ3) is 3.92. The lowest BCUT2D eigenvalue weighted by molar-refractivity contribution is -0.137. The Kier molecular flexibility index (Phi) is 4.92. The molecule has 0 aliphatic carbocycles. The van der Waals surface area contributed by atoms with Gasteiger partial charge in [0.25, 0.3) is 0 Å². The predicted molar refractivity (Wildman–Crippen MR) is 86.1 cm³/mol. The van der Waals surface area contributed by atoms with Crippen LogP contribution in [-0.4, -0.2) is 16.4 Å². The maximum absolute atomic E-state index is 12.1. The van der Waals surface area contributed by atoms with Crippen LogP contribution < -0.4 is 10.2 Å². The summed E-state index contributed by atoms with van der Waals surface area (Å²) in [6.07, 6.45) is 3.01. The Morgan fingerprint density at radius 3 is 2.68 bits per heavy atom. The highest BCUT2D eigenvalue weighted by Gasteiger charge is 2.11. The van der Waals surface area contributed by atoms with Gasteiger partial charge in [0.1, 0.15) is 17.1 Å². The SMILES string of the molecule is CC(C)C(=O)Oc1ccc2oc(/C=C/S(C)=O)cc(=O)c2c1. The molecule has 1 heterocycles. The standard InChI is InChI=1S/C16H16O5S/c1-10(2)16(18)21-11-4-5-15-13(8-11)14(17)9-12(20-15)6-7-22(3)19/h4-10H,1-3H3/b7-6+. The number of rotatable bonds is 4. The van der Waals surface area contributed by atoms with Crippen molar-refractivity contribution in [1.29, 1.82) is 0 Å². The van der Waals surface area contributed by atoms with Crippen LogP contribution >= 0.6 is 0 Å². The zero-order chi connectivity index (χ0) is 16.3. The topological polar surface area (TPSA) is 73.6 Å². The van der Waals surface area contributed by atoms with Gasteiger partial charge in [-0.25, -0.2) is 0 Å². The molecule has 0 radical (unpaired) electrons. The van der Waals surface area contributed by atoms with Gasteiger partial charge in [0.05, 0.1) is 11.3 Å². The average Bonchev–Trinajstić information content (AvgIpc) is 2.45. The van der Waals surface area contributed by atoms with Crippen LogP contribution in [0.4, 0.5) is 0 Å². The molecule has 22 heavy (non-hydrogen) atoms. The summed E-state index contributed by atoms with van der Waals surface area (Å²) < 4.78 is 21.7. The maximum Gasteiger partial charge on any atom is 0.313 e. The highest BCUT2D eigenvalue weighted by Crippen LogP contribution is 2.20. The van der Waals surface area contributed by atoms with E-state index in [9.17, 15) is 13.8 Å². The average molecular weight is 320 g/mol. The Bertz CT molecular complexity index is 817. The van der Waals surface area contributed by atoms with E-state index in [0.29, 0.717) is 22.5 Å². The molecule has 0 saturated heterocycles. The van der Waals surface area contributed by atoms with Gasteiger partial charge in [-0.2, -0.15) is 0 Å². The third-order valence-electron chi connectivity index (χ3n) is 2.83. The van der Waals surface area contributed by atoms with Crippen molar-refractivity contribution in [3.05, 3.63) is 45.7 Å². The summed E-state index contributed by atoms with van der Waals surface area (Å²) in [5.41, 5.74) is 0.114. The van der Waals surface area contributed by atoms with Crippen molar-refractivity contribution in [2.24, 2.45) is 5.92 Å². The number of benzene rings is 1. The van der Waals surface area contributed by atoms with Crippen LogP contribution in [-0.2, 0) is 15.6 Å². The number of ether oxygens (including phenoxy) is 1. The molecule has 5 nitrogen and oxygen atoms in total. The lowest BCUT2D eigenvalue weighted by atomic mass is 10.2. The van der Waals surface area contributed by atoms with Gasteiger partial charge >= 0.3 is 5.97 Å². The molecule has 0 N–H and O–H groups in total. The summed E-state index contributed by atoms with van der Waals surface area (Å²) in [6, 6.07) is 5.92. The predicted octanol–water partition coefficient (Wildman–Crippen LogP) is 2.70. The maximum atomic E-state index is 12.1. The Morgan fingerprint density at radius 1 is 1.32 bits per heavy atom. The Morgan fingerprint density at radius 2 is 2.05 bits per heavy atom. The highest BCUT2D eigenvalue weighted by atomic mass is 32.2.